The summed E-state index contributed by atoms with van der Waals surface area (Å²) in [5, 5.41) is 0.948. The predicted octanol–water partition coefficient (Wildman–Crippen LogP) is 3.69. The highest BCUT2D eigenvalue weighted by molar-refractivity contribution is 5.95. The van der Waals surface area contributed by atoms with E-state index in [9.17, 15) is 0 Å². The molecule has 0 atom stereocenters. The van der Waals surface area contributed by atoms with Crippen molar-refractivity contribution < 1.29 is 4.68 Å². The molecule has 3 aromatic rings. The summed E-state index contributed by atoms with van der Waals surface area (Å²) < 4.78 is 4.23. The van der Waals surface area contributed by atoms with Gasteiger partial charge in [-0.3, -0.25) is 0 Å². The van der Waals surface area contributed by atoms with Crippen molar-refractivity contribution in [2.45, 2.75) is 13.5 Å². The van der Waals surface area contributed by atoms with Gasteiger partial charge in [-0.2, -0.15) is 0 Å². The molecule has 21 heavy (non-hydrogen) atoms. The Balaban J connectivity index is 2.17. The summed E-state index contributed by atoms with van der Waals surface area (Å²) in [7, 11) is 0. The standard InChI is InChI=1S/C17H11N4/c1-11-5-4-6-12-9-20-10-13-7-14(18-2)8-15(19-3)17(13)21(20)16(11)12/h4-8,10H,9H2,1H3/q+1. The largest absolute Gasteiger partial charge is 0.239 e. The van der Waals surface area contributed by atoms with Crippen molar-refractivity contribution >= 4 is 22.3 Å². The Kier molecular flexibility index (Phi) is 2.20. The van der Waals surface area contributed by atoms with Gasteiger partial charge in [0.15, 0.2) is 12.2 Å². The third kappa shape index (κ3) is 1.45. The average molecular weight is 271 g/mol. The number of hydrogen-bond donors (Lipinski definition) is 0. The topological polar surface area (TPSA) is 17.5 Å². The van der Waals surface area contributed by atoms with E-state index in [4.69, 9.17) is 13.1 Å². The molecule has 0 unspecified atom stereocenters. The second-order valence-electron chi connectivity index (χ2n) is 5.25. The first kappa shape index (κ1) is 11.7. The molecule has 4 nitrogen and oxygen atoms in total. The van der Waals surface area contributed by atoms with Crippen LogP contribution < -0.4 is 4.68 Å². The van der Waals surface area contributed by atoms with Crippen molar-refractivity contribution in [1.29, 1.82) is 0 Å². The van der Waals surface area contributed by atoms with Gasteiger partial charge >= 0.3 is 0 Å². The van der Waals surface area contributed by atoms with Gasteiger partial charge in [0.2, 0.25) is 11.9 Å². The molecule has 0 amide bonds. The molecule has 98 valence electrons. The van der Waals surface area contributed by atoms with Gasteiger partial charge in [0.1, 0.15) is 11.2 Å². The van der Waals surface area contributed by atoms with Crippen molar-refractivity contribution in [2.75, 3.05) is 0 Å². The first-order chi connectivity index (χ1) is 10.2. The fraction of sp³-hybridized carbons (Fsp3) is 0.118. The lowest BCUT2D eigenvalue weighted by atomic mass is 10.1. The van der Waals surface area contributed by atoms with Gasteiger partial charge in [-0.1, -0.05) is 18.2 Å². The molecule has 0 bridgehead atoms. The van der Waals surface area contributed by atoms with Crippen molar-refractivity contribution in [3.05, 3.63) is 70.5 Å². The first-order valence-corrected chi connectivity index (χ1v) is 6.66. The molecule has 0 N–H and O–H groups in total. The van der Waals surface area contributed by atoms with Gasteiger partial charge in [0.05, 0.1) is 13.1 Å². The Bertz CT molecular complexity index is 996. The lowest BCUT2D eigenvalue weighted by Gasteiger charge is -2.03. The van der Waals surface area contributed by atoms with E-state index in [-0.39, 0.29) is 0 Å². The Hall–Kier alpha value is -3.11. The molecule has 4 heteroatoms. The predicted molar refractivity (Wildman–Crippen MR) is 79.8 cm³/mol. The summed E-state index contributed by atoms with van der Waals surface area (Å²) >= 11 is 0. The maximum Gasteiger partial charge on any atom is 0.207 e. The third-order valence-corrected chi connectivity index (χ3v) is 3.98. The SMILES string of the molecule is [C-]#[N+]c1cc([N+]#[C-])c2c(c1)c[n+]1n2-c2c(C)cccc2C1. The minimum atomic E-state index is 0.517. The number of aromatic nitrogens is 2. The maximum atomic E-state index is 7.44. The van der Waals surface area contributed by atoms with Crippen molar-refractivity contribution in [2.24, 2.45) is 0 Å². The van der Waals surface area contributed by atoms with Crippen LogP contribution in [0.2, 0.25) is 0 Å². The van der Waals surface area contributed by atoms with Crippen LogP contribution in [0.15, 0.2) is 36.5 Å². The first-order valence-electron chi connectivity index (χ1n) is 6.66. The molecule has 2 heterocycles. The molecule has 1 aromatic heterocycles. The van der Waals surface area contributed by atoms with Crippen LogP contribution in [0, 0.1) is 20.1 Å². The zero-order valence-corrected chi connectivity index (χ0v) is 11.5. The van der Waals surface area contributed by atoms with Crippen LogP contribution in [0.25, 0.3) is 26.3 Å². The van der Waals surface area contributed by atoms with Crippen LogP contribution in [0.4, 0.5) is 11.4 Å². The summed E-state index contributed by atoms with van der Waals surface area (Å²) in [5.41, 5.74) is 5.57. The van der Waals surface area contributed by atoms with Gasteiger partial charge < -0.3 is 0 Å². The number of aryl methyl sites for hydroxylation is 1. The Morgan fingerprint density at radius 2 is 2.05 bits per heavy atom. The van der Waals surface area contributed by atoms with E-state index in [0.29, 0.717) is 11.4 Å². The van der Waals surface area contributed by atoms with Gasteiger partial charge in [-0.05, 0) is 24.6 Å². The normalized spacial score (nSPS) is 11.8. The number of fused-ring (bicyclic) bond motifs is 5. The molecule has 0 aliphatic carbocycles. The van der Waals surface area contributed by atoms with Crippen LogP contribution in [0.3, 0.4) is 0 Å². The van der Waals surface area contributed by atoms with Crippen molar-refractivity contribution in [3.8, 4) is 5.69 Å². The van der Waals surface area contributed by atoms with Gasteiger partial charge in [0, 0.05) is 10.9 Å². The highest BCUT2D eigenvalue weighted by Gasteiger charge is 2.30. The average Bonchev–Trinajstić information content (AvgIpc) is 3.01. The van der Waals surface area contributed by atoms with E-state index in [1.165, 1.54) is 11.1 Å². The zero-order chi connectivity index (χ0) is 14.6. The number of hydrogen-bond acceptors (Lipinski definition) is 0. The Labute approximate surface area is 122 Å². The molecule has 2 aromatic carbocycles. The van der Waals surface area contributed by atoms with Crippen LogP contribution in [0.1, 0.15) is 11.1 Å². The summed E-state index contributed by atoms with van der Waals surface area (Å²) in [4.78, 5) is 7.09. The molecular formula is C17H11N4+. The number of para-hydroxylation sites is 1. The van der Waals surface area contributed by atoms with Crippen molar-refractivity contribution in [3.63, 3.8) is 0 Å². The molecule has 0 saturated heterocycles. The molecule has 4 rings (SSSR count). The number of benzene rings is 2. The second-order valence-corrected chi connectivity index (χ2v) is 5.25. The van der Waals surface area contributed by atoms with E-state index < -0.39 is 0 Å². The lowest BCUT2D eigenvalue weighted by molar-refractivity contribution is -0.749. The smallest absolute Gasteiger partial charge is 0.207 e. The van der Waals surface area contributed by atoms with E-state index in [0.717, 1.165) is 23.1 Å². The molecule has 0 saturated carbocycles. The molecule has 1 aliphatic heterocycles. The summed E-state index contributed by atoms with van der Waals surface area (Å²) in [6, 6.07) is 9.81. The van der Waals surface area contributed by atoms with Crippen LogP contribution in [-0.2, 0) is 6.54 Å². The molecular weight excluding hydrogens is 260 g/mol. The van der Waals surface area contributed by atoms with Gasteiger partial charge in [-0.25, -0.2) is 9.69 Å². The summed E-state index contributed by atoms with van der Waals surface area (Å²) in [5.74, 6) is 0. The quantitative estimate of drug-likeness (QED) is 0.343. The number of nitrogens with zero attached hydrogens (tertiary/aromatic N) is 4. The Morgan fingerprint density at radius 3 is 2.81 bits per heavy atom. The van der Waals surface area contributed by atoms with E-state index in [1.54, 1.807) is 6.07 Å². The number of rotatable bonds is 0. The van der Waals surface area contributed by atoms with Crippen molar-refractivity contribution in [1.82, 2.24) is 4.68 Å². The summed E-state index contributed by atoms with van der Waals surface area (Å²) in [6.07, 6.45) is 2.03. The van der Waals surface area contributed by atoms with Gasteiger partial charge in [0.25, 0.3) is 0 Å². The van der Waals surface area contributed by atoms with E-state index in [2.05, 4.69) is 44.2 Å². The molecule has 0 radical (unpaired) electrons. The Morgan fingerprint density at radius 1 is 1.19 bits per heavy atom. The van der Waals surface area contributed by atoms with E-state index >= 15 is 0 Å². The fourth-order valence-electron chi connectivity index (χ4n) is 3.13. The molecule has 0 fully saturated rings. The molecule has 1 aliphatic rings. The minimum Gasteiger partial charge on any atom is -0.239 e. The van der Waals surface area contributed by atoms with Gasteiger partial charge in [-0.15, -0.1) is 9.36 Å². The highest BCUT2D eigenvalue weighted by Crippen LogP contribution is 2.35. The fourth-order valence-corrected chi connectivity index (χ4v) is 3.13. The van der Waals surface area contributed by atoms with Crippen LogP contribution in [-0.4, -0.2) is 4.68 Å². The second kappa shape index (κ2) is 3.94. The minimum absolute atomic E-state index is 0.517. The third-order valence-electron chi connectivity index (χ3n) is 3.98. The van der Waals surface area contributed by atoms with Crippen LogP contribution >= 0.6 is 0 Å². The highest BCUT2D eigenvalue weighted by atomic mass is 15.4. The zero-order valence-electron chi connectivity index (χ0n) is 11.5. The van der Waals surface area contributed by atoms with Crippen LogP contribution in [0.5, 0.6) is 0 Å². The summed E-state index contributed by atoms with van der Waals surface area (Å²) in [6.45, 7) is 17.5. The molecule has 0 spiro atoms. The lowest BCUT2D eigenvalue weighted by Crippen LogP contribution is -2.36. The van der Waals surface area contributed by atoms with E-state index in [1.807, 2.05) is 12.3 Å². The monoisotopic (exact) mass is 271 g/mol. The maximum absolute atomic E-state index is 7.44.